The van der Waals surface area contributed by atoms with Crippen molar-refractivity contribution in [2.75, 3.05) is 94.9 Å². The second-order valence-corrected chi connectivity index (χ2v) is 33.4. The van der Waals surface area contributed by atoms with E-state index in [-0.39, 0.29) is 77.9 Å². The van der Waals surface area contributed by atoms with Crippen molar-refractivity contribution < 1.29 is 47.1 Å². The number of benzene rings is 8. The van der Waals surface area contributed by atoms with Crippen LogP contribution in [0.2, 0.25) is 20.1 Å². The Morgan fingerprint density at radius 3 is 0.794 bits per heavy atom. The number of likely N-dealkylation sites (tertiary alicyclic amines) is 4. The van der Waals surface area contributed by atoms with Crippen LogP contribution in [-0.2, 0) is 0 Å². The number of anilines is 8. The number of para-hydroxylation sites is 2. The topological polar surface area (TPSA) is 393 Å². The van der Waals surface area contributed by atoms with E-state index in [9.17, 15) is 47.1 Å². The predicted molar refractivity (Wildman–Crippen MR) is 535 cm³/mol. The highest BCUT2D eigenvalue weighted by molar-refractivity contribution is 6.31. The van der Waals surface area contributed by atoms with Crippen LogP contribution in [0.5, 0.6) is 0 Å². The highest BCUT2D eigenvalue weighted by atomic mass is 35.5. The van der Waals surface area contributed by atoms with Gasteiger partial charge >= 0.3 is 0 Å². The Bertz CT molecular complexity index is 6360. The van der Waals surface area contributed by atoms with Crippen LogP contribution in [0.4, 0.5) is 54.8 Å². The van der Waals surface area contributed by atoms with E-state index in [0.29, 0.717) is 99.8 Å². The summed E-state index contributed by atoms with van der Waals surface area (Å²) in [6.45, 7) is 10.4. The number of hydrogen-bond acceptors (Lipinski definition) is 16. The summed E-state index contributed by atoms with van der Waals surface area (Å²) in [5.41, 5.74) is 6.97. The Labute approximate surface area is 806 Å². The summed E-state index contributed by atoms with van der Waals surface area (Å²) >= 11 is 23.3. The minimum absolute atomic E-state index is 0. The molecule has 8 heterocycles. The number of amidine groups is 4. The monoisotopic (exact) mass is 1910 g/mol. The largest absolute Gasteiger partial charge is 0.357 e. The first kappa shape index (κ1) is 102. The average molecular weight is 1920 g/mol. The number of hydrogen-bond donors (Lipinski definition) is 12. The highest BCUT2D eigenvalue weighted by Crippen LogP contribution is 2.29. The smallest absolute Gasteiger partial charge is 0.258 e. The quantitative estimate of drug-likeness (QED) is 0.0249. The molecule has 700 valence electrons. The molecule has 12 aromatic rings. The molecule has 0 bridgehead atoms. The van der Waals surface area contributed by atoms with Gasteiger partial charge < -0.3 is 62.1 Å². The van der Waals surface area contributed by atoms with Crippen molar-refractivity contribution in [3.63, 3.8) is 0 Å². The van der Waals surface area contributed by atoms with Crippen molar-refractivity contribution in [2.45, 2.75) is 92.9 Å². The first-order valence-corrected chi connectivity index (χ1v) is 44.7. The van der Waals surface area contributed by atoms with E-state index in [1.165, 1.54) is 61.5 Å². The molecule has 0 aliphatic carbocycles. The van der Waals surface area contributed by atoms with Crippen molar-refractivity contribution in [1.82, 2.24) is 39.5 Å². The number of halogens is 6. The first-order valence-electron chi connectivity index (χ1n) is 43.2. The summed E-state index contributed by atoms with van der Waals surface area (Å²) in [5.74, 6) is -2.51. The van der Waals surface area contributed by atoms with Crippen molar-refractivity contribution in [2.24, 2.45) is 0 Å². The van der Waals surface area contributed by atoms with Gasteiger partial charge in [-0.25, -0.2) is 28.7 Å². The molecule has 34 heteroatoms. The first-order chi connectivity index (χ1) is 64.6. The zero-order valence-corrected chi connectivity index (χ0v) is 76.0. The molecule has 28 nitrogen and oxygen atoms in total. The Hall–Kier alpha value is -15.0. The lowest BCUT2D eigenvalue weighted by Gasteiger charge is -2.29. The van der Waals surface area contributed by atoms with E-state index in [1.807, 2.05) is 40.7 Å². The number of carbonyl (C=O) groups is 8. The molecular formula is C102H102Cl4F2N20O8. The van der Waals surface area contributed by atoms with Gasteiger partial charge in [-0.15, -0.1) is 0 Å². The highest BCUT2D eigenvalue weighted by Gasteiger charge is 2.27. The lowest BCUT2D eigenvalue weighted by Crippen LogP contribution is -2.35. The number of pyridine rings is 4. The van der Waals surface area contributed by atoms with Crippen LogP contribution in [-0.4, -0.2) is 162 Å². The van der Waals surface area contributed by atoms with Gasteiger partial charge in [0.05, 0.1) is 76.2 Å². The number of amides is 8. The predicted octanol–water partition coefficient (Wildman–Crippen LogP) is 21.6. The lowest BCUT2D eigenvalue weighted by atomic mass is 10.1. The van der Waals surface area contributed by atoms with Crippen LogP contribution in [0, 0.1) is 47.1 Å². The third-order valence-electron chi connectivity index (χ3n) is 22.1. The maximum absolute atomic E-state index is 14.8. The molecule has 0 unspecified atom stereocenters. The maximum Gasteiger partial charge on any atom is 0.258 e. The molecule has 4 aliphatic heterocycles. The molecule has 12 N–H and O–H groups in total. The summed E-state index contributed by atoms with van der Waals surface area (Å²) in [5, 5.41) is 56.8. The van der Waals surface area contributed by atoms with Crippen LogP contribution < -0.4 is 42.5 Å². The molecule has 4 aliphatic rings. The van der Waals surface area contributed by atoms with Gasteiger partial charge in [-0.2, -0.15) is 0 Å². The summed E-state index contributed by atoms with van der Waals surface area (Å²) in [7, 11) is 0. The van der Waals surface area contributed by atoms with Crippen molar-refractivity contribution in [3.8, 4) is 0 Å². The van der Waals surface area contributed by atoms with Crippen LogP contribution in [0.3, 0.4) is 0 Å². The van der Waals surface area contributed by atoms with E-state index in [1.54, 1.807) is 176 Å². The molecule has 0 radical (unpaired) electrons. The SMILES string of the molecule is C.C.Cc1ccc(NC(=O)c2ccc(C(=N)N3CCCC3)cc2)c(C(=O)Nc2ccc(Cl)cn2)c1.Cc1ccc(NC(=O)c2ccc(C(=N)N3CCCCC3)cc2)c(C(=O)Nc2ccc(Cl)cn2)c1.N=C(c1ccc(C(=O)Nc2ccccc2C(=O)Nc2ccc(Cl)cn2)c(F)c1)N1CCCC1.N=C(c1ccc(C(=O)Nc2ccccc2C(=O)Nc2ccc(Cl)cn2)c(F)c1)N1CCCCC1. The number of rotatable bonds is 20. The van der Waals surface area contributed by atoms with E-state index in [4.69, 9.17) is 68.0 Å². The van der Waals surface area contributed by atoms with Crippen LogP contribution >= 0.6 is 46.4 Å². The Morgan fingerprint density at radius 2 is 0.507 bits per heavy atom. The van der Waals surface area contributed by atoms with Crippen molar-refractivity contribution in [3.05, 3.63) is 353 Å². The van der Waals surface area contributed by atoms with Gasteiger partial charge in [0.15, 0.2) is 0 Å². The fraction of sp³-hybridized carbons (Fsp3) is 0.216. The number of nitrogens with one attached hydrogen (secondary N) is 12. The molecule has 0 saturated carbocycles. The number of nitrogens with zero attached hydrogens (tertiary/aromatic N) is 8. The van der Waals surface area contributed by atoms with Crippen molar-refractivity contribution >= 4 is 163 Å². The fourth-order valence-corrected chi connectivity index (χ4v) is 15.3. The lowest BCUT2D eigenvalue weighted by molar-refractivity contribution is 0.100. The molecule has 8 aromatic carbocycles. The number of aromatic nitrogens is 4. The Kier molecular flexibility index (Phi) is 36.3. The Balaban J connectivity index is 0.000000173. The summed E-state index contributed by atoms with van der Waals surface area (Å²) in [4.78, 5) is 127. The summed E-state index contributed by atoms with van der Waals surface area (Å²) < 4.78 is 29.6. The normalized spacial score (nSPS) is 12.9. The van der Waals surface area contributed by atoms with E-state index in [2.05, 4.69) is 67.4 Å². The standard InChI is InChI=1S/C26H26ClN5O2.C25H23ClFN5O2.C25H24ClN5O2.C24H21ClFN5O2.2CH4/c1-17-5-11-22(21(15-17)26(34)31-23-12-10-20(27)16-29-23)30-25(33)19-8-6-18(7-9-19)24(28)32-13-3-2-4-14-32;26-17-9-11-22(29-15-17)31-25(34)19-6-2-3-7-21(19)30-24(33)18-10-8-16(14-20(18)27)23(28)32-12-4-1-5-13-32;1-16-4-10-21(20(14-16)25(33)30-22-11-9-19(26)15-28-22)29-24(32)18-7-5-17(6-8-18)23(27)31-12-2-3-13-31;25-16-8-10-21(28-14-16)30-24(33)18-5-1-2-6-20(18)29-23(32)17-9-7-15(13-19(17)26)22(27)31-11-3-4-12-31;;/h5-12,15-16,28H,2-4,13-14H2,1H3,(H,30,33)(H,29,31,34);2-3,6-11,14-15,28H,1,4-5,12-13H2,(H,30,33)(H,29,31,34);4-11,14-15,27H,2-3,12-13H2,1H3,(H,29,32)(H,28,30,33);1-2,5-10,13-14,27H,3-4,11-12H2,(H,29,32)(H,28,30,33);2*1H4. The second kappa shape index (κ2) is 48.6. The number of carbonyl (C=O) groups excluding carboxylic acids is 8. The van der Waals surface area contributed by atoms with Gasteiger partial charge in [-0.1, -0.05) is 145 Å². The molecule has 4 saturated heterocycles. The third kappa shape index (κ3) is 27.6. The van der Waals surface area contributed by atoms with Crippen LogP contribution in [0.1, 0.15) is 195 Å². The van der Waals surface area contributed by atoms with Gasteiger partial charge in [0.1, 0.15) is 58.2 Å². The Morgan fingerprint density at radius 1 is 0.265 bits per heavy atom. The minimum atomic E-state index is -0.735. The van der Waals surface area contributed by atoms with Gasteiger partial charge in [-0.05, 0) is 224 Å². The van der Waals surface area contributed by atoms with Crippen LogP contribution in [0.25, 0.3) is 0 Å². The zero-order valence-electron chi connectivity index (χ0n) is 72.9. The van der Waals surface area contributed by atoms with Crippen molar-refractivity contribution in [1.29, 1.82) is 21.6 Å². The van der Waals surface area contributed by atoms with Gasteiger partial charge in [0.2, 0.25) is 0 Å². The number of piperidine rings is 2. The fourth-order valence-electron chi connectivity index (χ4n) is 14.9. The van der Waals surface area contributed by atoms with Gasteiger partial charge in [0.25, 0.3) is 47.3 Å². The minimum Gasteiger partial charge on any atom is -0.357 e. The average Bonchev–Trinajstić information content (AvgIpc) is 1.02. The van der Waals surface area contributed by atoms with Gasteiger partial charge in [0, 0.05) is 111 Å². The molecular weight excluding hydrogens is 1810 g/mol. The van der Waals surface area contributed by atoms with E-state index in [0.717, 1.165) is 132 Å². The third-order valence-corrected chi connectivity index (χ3v) is 23.0. The molecule has 0 spiro atoms. The molecule has 4 fully saturated rings. The van der Waals surface area contributed by atoms with E-state index >= 15 is 0 Å². The molecule has 0 atom stereocenters. The molecule has 4 aromatic heterocycles. The maximum atomic E-state index is 14.8. The molecule has 136 heavy (non-hydrogen) atoms. The number of aryl methyl sites for hydroxylation is 2. The summed E-state index contributed by atoms with van der Waals surface area (Å²) in [6.07, 6.45) is 16.5. The molecule has 16 rings (SSSR count). The summed E-state index contributed by atoms with van der Waals surface area (Å²) in [6, 6.07) is 58.3. The zero-order chi connectivity index (χ0) is 94.9. The second-order valence-electron chi connectivity index (χ2n) is 31.7. The van der Waals surface area contributed by atoms with E-state index < -0.39 is 41.2 Å². The van der Waals surface area contributed by atoms with Crippen LogP contribution in [0.15, 0.2) is 243 Å². The molecule has 8 amide bonds. The van der Waals surface area contributed by atoms with Gasteiger partial charge in [-0.3, -0.25) is 60.0 Å².